The topological polar surface area (TPSA) is 75.1 Å². The lowest BCUT2D eigenvalue weighted by Crippen LogP contribution is -2.41. The first kappa shape index (κ1) is 24.4. The van der Waals surface area contributed by atoms with Crippen molar-refractivity contribution in [3.8, 4) is 17.0 Å². The molecule has 1 N–H and O–H groups in total. The molecule has 9 heteroatoms. The summed E-state index contributed by atoms with van der Waals surface area (Å²) in [4.78, 5) is 16.4. The molecule has 1 aliphatic heterocycles. The summed E-state index contributed by atoms with van der Waals surface area (Å²) in [7, 11) is 3.96. The Morgan fingerprint density at radius 3 is 2.81 bits per heavy atom. The van der Waals surface area contributed by atoms with Crippen molar-refractivity contribution in [2.45, 2.75) is 44.9 Å². The summed E-state index contributed by atoms with van der Waals surface area (Å²) in [5.41, 5.74) is 3.65. The van der Waals surface area contributed by atoms with Crippen LogP contribution in [0.4, 0.5) is 4.39 Å². The van der Waals surface area contributed by atoms with Gasteiger partial charge in [-0.15, -0.1) is 0 Å². The summed E-state index contributed by atoms with van der Waals surface area (Å²) in [6, 6.07) is 7.30. The van der Waals surface area contributed by atoms with Crippen LogP contribution in [0.5, 0.6) is 5.75 Å². The molecule has 1 saturated heterocycles. The van der Waals surface area contributed by atoms with Gasteiger partial charge in [-0.2, -0.15) is 5.10 Å². The average Bonchev–Trinajstić information content (AvgIpc) is 3.53. The van der Waals surface area contributed by atoms with Gasteiger partial charge in [0.1, 0.15) is 29.6 Å². The maximum atomic E-state index is 14.1. The van der Waals surface area contributed by atoms with Gasteiger partial charge in [-0.05, 0) is 57.1 Å². The zero-order valence-electron chi connectivity index (χ0n) is 21.2. The van der Waals surface area contributed by atoms with Crippen molar-refractivity contribution < 1.29 is 9.13 Å². The highest BCUT2D eigenvalue weighted by molar-refractivity contribution is 5.89. The molecule has 0 spiro atoms. The fourth-order valence-electron chi connectivity index (χ4n) is 5.01. The van der Waals surface area contributed by atoms with Gasteiger partial charge in [0, 0.05) is 55.6 Å². The third kappa shape index (κ3) is 5.57. The van der Waals surface area contributed by atoms with Crippen molar-refractivity contribution in [1.29, 1.82) is 0 Å². The van der Waals surface area contributed by atoms with Crippen molar-refractivity contribution in [3.63, 3.8) is 0 Å². The van der Waals surface area contributed by atoms with E-state index in [1.54, 1.807) is 12.4 Å². The number of nitrogens with one attached hydrogen (secondary N) is 1. The van der Waals surface area contributed by atoms with Crippen LogP contribution in [0.2, 0.25) is 0 Å². The number of benzene rings is 1. The average molecular weight is 492 g/mol. The maximum Gasteiger partial charge on any atom is 0.141 e. The maximum absolute atomic E-state index is 14.1. The van der Waals surface area contributed by atoms with E-state index in [-0.39, 0.29) is 18.0 Å². The largest absolute Gasteiger partial charge is 0.490 e. The van der Waals surface area contributed by atoms with Gasteiger partial charge >= 0.3 is 0 Å². The number of piperidine rings is 1. The molecule has 1 fully saturated rings. The second-order valence-electron chi connectivity index (χ2n) is 9.88. The molecule has 190 valence electrons. The zero-order valence-corrected chi connectivity index (χ0v) is 21.2. The summed E-state index contributed by atoms with van der Waals surface area (Å²) in [6.07, 6.45) is 10.4. The minimum Gasteiger partial charge on any atom is -0.490 e. The molecule has 3 aromatic heterocycles. The van der Waals surface area contributed by atoms with E-state index in [0.29, 0.717) is 12.3 Å². The van der Waals surface area contributed by atoms with E-state index >= 15 is 0 Å². The highest BCUT2D eigenvalue weighted by atomic mass is 19.1. The van der Waals surface area contributed by atoms with E-state index in [1.807, 2.05) is 43.5 Å². The van der Waals surface area contributed by atoms with Crippen molar-refractivity contribution in [3.05, 3.63) is 60.6 Å². The molecule has 1 aliphatic rings. The molecular formula is C27H34FN7O. The molecule has 0 saturated carbocycles. The molecule has 5 rings (SSSR count). The highest BCUT2D eigenvalue weighted by Gasteiger charge is 2.24. The molecular weight excluding hydrogens is 457 g/mol. The van der Waals surface area contributed by atoms with Gasteiger partial charge in [0.2, 0.25) is 0 Å². The molecule has 36 heavy (non-hydrogen) atoms. The predicted octanol–water partition coefficient (Wildman–Crippen LogP) is 4.52. The van der Waals surface area contributed by atoms with Crippen LogP contribution in [-0.2, 0) is 6.54 Å². The number of likely N-dealkylation sites (tertiary alicyclic amines) is 1. The van der Waals surface area contributed by atoms with Crippen LogP contribution in [0, 0.1) is 5.82 Å². The summed E-state index contributed by atoms with van der Waals surface area (Å²) in [6.45, 7) is 5.72. The first-order chi connectivity index (χ1) is 17.5. The fraction of sp³-hybridized carbons (Fsp3) is 0.444. The summed E-state index contributed by atoms with van der Waals surface area (Å²) in [5.74, 6) is 0.382. The minimum absolute atomic E-state index is 0.105. The van der Waals surface area contributed by atoms with E-state index in [1.165, 1.54) is 6.07 Å². The van der Waals surface area contributed by atoms with Crippen LogP contribution >= 0.6 is 0 Å². The normalized spacial score (nSPS) is 16.1. The van der Waals surface area contributed by atoms with Crippen molar-refractivity contribution in [1.82, 2.24) is 34.5 Å². The van der Waals surface area contributed by atoms with Gasteiger partial charge in [-0.1, -0.05) is 6.92 Å². The van der Waals surface area contributed by atoms with Gasteiger partial charge in [0.05, 0.1) is 17.9 Å². The Hall–Kier alpha value is -3.30. The molecule has 0 amide bonds. The third-order valence-electron chi connectivity index (χ3n) is 6.81. The molecule has 1 atom stereocenters. The lowest BCUT2D eigenvalue weighted by Gasteiger charge is -2.34. The first-order valence-corrected chi connectivity index (χ1v) is 12.6. The molecule has 0 unspecified atom stereocenters. The third-order valence-corrected chi connectivity index (χ3v) is 6.81. The van der Waals surface area contributed by atoms with E-state index in [9.17, 15) is 4.39 Å². The summed E-state index contributed by atoms with van der Waals surface area (Å²) < 4.78 is 22.3. The van der Waals surface area contributed by atoms with Gasteiger partial charge in [-0.25, -0.2) is 14.4 Å². The number of hydrogen-bond donors (Lipinski definition) is 1. The highest BCUT2D eigenvalue weighted by Crippen LogP contribution is 2.27. The summed E-state index contributed by atoms with van der Waals surface area (Å²) >= 11 is 0. The second kappa shape index (κ2) is 10.8. The van der Waals surface area contributed by atoms with E-state index in [2.05, 4.69) is 42.8 Å². The zero-order chi connectivity index (χ0) is 25.1. The first-order valence-electron chi connectivity index (χ1n) is 12.6. The second-order valence-corrected chi connectivity index (χ2v) is 9.88. The van der Waals surface area contributed by atoms with Gasteiger partial charge in [0.25, 0.3) is 0 Å². The SMILES string of the molecule is CC[C@H](CN1CCC(Oc2cc(F)cc(CN(C)C)c2)CC1)n1cc(-c2ncnc3[nH]ccc23)cn1. The number of aromatic nitrogens is 5. The molecule has 8 nitrogen and oxygen atoms in total. The smallest absolute Gasteiger partial charge is 0.141 e. The molecule has 4 aromatic rings. The molecule has 4 heterocycles. The van der Waals surface area contributed by atoms with E-state index in [4.69, 9.17) is 4.74 Å². The van der Waals surface area contributed by atoms with Crippen LogP contribution < -0.4 is 4.74 Å². The monoisotopic (exact) mass is 491 g/mol. The Balaban J connectivity index is 1.18. The number of halogens is 1. The molecule has 0 radical (unpaired) electrons. The number of ether oxygens (including phenoxy) is 1. The summed E-state index contributed by atoms with van der Waals surface area (Å²) in [5, 5.41) is 5.68. The quantitative estimate of drug-likeness (QED) is 0.371. The van der Waals surface area contributed by atoms with E-state index in [0.717, 1.165) is 66.8 Å². The van der Waals surface area contributed by atoms with Crippen LogP contribution in [0.1, 0.15) is 37.8 Å². The Labute approximate surface area is 211 Å². The number of rotatable bonds is 9. The number of hydrogen-bond acceptors (Lipinski definition) is 6. The number of aromatic amines is 1. The van der Waals surface area contributed by atoms with Crippen LogP contribution in [0.3, 0.4) is 0 Å². The van der Waals surface area contributed by atoms with Crippen molar-refractivity contribution >= 4 is 11.0 Å². The van der Waals surface area contributed by atoms with Crippen molar-refractivity contribution in [2.75, 3.05) is 33.7 Å². The standard InChI is InChI=1S/C27H34FN7O/c1-4-22(35-16-20(14-32-35)26-25-5-8-29-27(25)31-18-30-26)17-34-9-6-23(7-10-34)36-24-12-19(15-33(2)3)11-21(28)13-24/h5,8,11-14,16,18,22-23H,4,6-7,9-10,15,17H2,1-3H3,(H,29,30,31)/t22-/m1/s1. The van der Waals surface area contributed by atoms with Gasteiger partial charge < -0.3 is 19.5 Å². The molecule has 0 bridgehead atoms. The fourth-order valence-corrected chi connectivity index (χ4v) is 5.01. The molecule has 1 aromatic carbocycles. The Kier molecular flexibility index (Phi) is 7.29. The van der Waals surface area contributed by atoms with Crippen LogP contribution in [-0.4, -0.2) is 74.4 Å². The predicted molar refractivity (Wildman–Crippen MR) is 138 cm³/mol. The lowest BCUT2D eigenvalue weighted by molar-refractivity contribution is 0.0900. The van der Waals surface area contributed by atoms with Crippen LogP contribution in [0.15, 0.2) is 49.2 Å². The van der Waals surface area contributed by atoms with Crippen LogP contribution in [0.25, 0.3) is 22.3 Å². The van der Waals surface area contributed by atoms with Gasteiger partial charge in [-0.3, -0.25) is 4.68 Å². The van der Waals surface area contributed by atoms with Gasteiger partial charge in [0.15, 0.2) is 0 Å². The van der Waals surface area contributed by atoms with Crippen molar-refractivity contribution in [2.24, 2.45) is 0 Å². The number of nitrogens with zero attached hydrogens (tertiary/aromatic N) is 6. The van der Waals surface area contributed by atoms with E-state index < -0.39 is 0 Å². The number of fused-ring (bicyclic) bond motifs is 1. The molecule has 0 aliphatic carbocycles. The number of H-pyrrole nitrogens is 1. The Morgan fingerprint density at radius 1 is 1.19 bits per heavy atom. The Bertz CT molecular complexity index is 1290. The lowest BCUT2D eigenvalue weighted by atomic mass is 10.1. The minimum atomic E-state index is -0.245. The Morgan fingerprint density at radius 2 is 2.03 bits per heavy atom.